The third-order valence-electron chi connectivity index (χ3n) is 5.22. The Morgan fingerprint density at radius 2 is 1.91 bits per heavy atom. The summed E-state index contributed by atoms with van der Waals surface area (Å²) in [5.41, 5.74) is 0.0486. The first-order valence-corrected chi connectivity index (χ1v) is 10.7. The number of nitrogens with zero attached hydrogens (tertiary/aromatic N) is 2. The molecule has 0 aliphatic carbocycles. The van der Waals surface area contributed by atoms with Crippen LogP contribution in [-0.2, 0) is 10.9 Å². The first-order chi connectivity index (χ1) is 15.4. The van der Waals surface area contributed by atoms with Crippen LogP contribution in [0.3, 0.4) is 0 Å². The van der Waals surface area contributed by atoms with Crippen molar-refractivity contribution < 1.29 is 22.6 Å². The van der Waals surface area contributed by atoms with Gasteiger partial charge in [0.15, 0.2) is 0 Å². The molecular weight excluding hydrogens is 443 g/mol. The summed E-state index contributed by atoms with van der Waals surface area (Å²) in [4.78, 5) is 6.88. The van der Waals surface area contributed by atoms with Crippen LogP contribution in [-0.4, -0.2) is 49.3 Å². The Hall–Kier alpha value is -2.55. The molecule has 32 heavy (non-hydrogen) atoms. The number of hydrogen-bond acceptors (Lipinski definition) is 5. The Morgan fingerprint density at radius 1 is 1.09 bits per heavy atom. The molecule has 1 aliphatic rings. The van der Waals surface area contributed by atoms with E-state index in [0.29, 0.717) is 17.9 Å². The minimum atomic E-state index is -4.53. The average molecular weight is 466 g/mol. The number of rotatable bonds is 7. The van der Waals surface area contributed by atoms with E-state index in [1.807, 2.05) is 24.3 Å². The molecule has 1 saturated heterocycles. The van der Waals surface area contributed by atoms with Crippen molar-refractivity contribution in [1.29, 1.82) is 0 Å². The van der Waals surface area contributed by atoms with Crippen LogP contribution in [0.25, 0.3) is 10.9 Å². The third kappa shape index (κ3) is 5.62. The summed E-state index contributed by atoms with van der Waals surface area (Å²) in [7, 11) is 0. The predicted octanol–water partition coefficient (Wildman–Crippen LogP) is 5.75. The van der Waals surface area contributed by atoms with Gasteiger partial charge in [-0.25, -0.2) is 4.98 Å². The van der Waals surface area contributed by atoms with Crippen molar-refractivity contribution in [3.63, 3.8) is 0 Å². The summed E-state index contributed by atoms with van der Waals surface area (Å²) in [6.07, 6.45) is -3.62. The fraction of sp³-hybridized carbons (Fsp3) is 0.348. The lowest BCUT2D eigenvalue weighted by molar-refractivity contribution is -0.137. The highest BCUT2D eigenvalue weighted by Gasteiger charge is 2.33. The van der Waals surface area contributed by atoms with E-state index in [1.165, 1.54) is 12.1 Å². The molecule has 0 unspecified atom stereocenters. The lowest BCUT2D eigenvalue weighted by atomic mass is 10.2. The van der Waals surface area contributed by atoms with Gasteiger partial charge in [0.25, 0.3) is 0 Å². The standard InChI is InChI=1S/C23H23ClF3N3O2/c24-19-7-5-16(15-18(19)23(25,26)27)28-22-8-6-17-20(29-22)3-1-4-21(17)32-12-2-9-30-10-13-31-14-11-30/h1,3-8,15H,2,9-14H2,(H,28,29). The molecule has 2 aromatic carbocycles. The van der Waals surface area contributed by atoms with Gasteiger partial charge in [-0.15, -0.1) is 0 Å². The van der Waals surface area contributed by atoms with Gasteiger partial charge in [-0.3, -0.25) is 4.90 Å². The van der Waals surface area contributed by atoms with E-state index in [0.717, 1.165) is 56.5 Å². The topological polar surface area (TPSA) is 46.6 Å². The number of morpholine rings is 1. The highest BCUT2D eigenvalue weighted by Crippen LogP contribution is 2.36. The van der Waals surface area contributed by atoms with Crippen LogP contribution in [0.1, 0.15) is 12.0 Å². The van der Waals surface area contributed by atoms with Gasteiger partial charge in [0.2, 0.25) is 0 Å². The van der Waals surface area contributed by atoms with Crippen molar-refractivity contribution in [3.8, 4) is 5.75 Å². The monoisotopic (exact) mass is 465 g/mol. The maximum absolute atomic E-state index is 13.1. The quantitative estimate of drug-likeness (QED) is 0.450. The number of pyridine rings is 1. The number of anilines is 2. The van der Waals surface area contributed by atoms with E-state index in [2.05, 4.69) is 15.2 Å². The molecule has 170 valence electrons. The number of hydrogen-bond donors (Lipinski definition) is 1. The highest BCUT2D eigenvalue weighted by atomic mass is 35.5. The van der Waals surface area contributed by atoms with Gasteiger partial charge in [0.1, 0.15) is 11.6 Å². The first-order valence-electron chi connectivity index (χ1n) is 10.4. The SMILES string of the molecule is FC(F)(F)c1cc(Nc2ccc3c(OCCCN4CCOCC4)cccc3n2)ccc1Cl. The molecule has 5 nitrogen and oxygen atoms in total. The van der Waals surface area contributed by atoms with Crippen LogP contribution < -0.4 is 10.1 Å². The number of nitrogens with one attached hydrogen (secondary N) is 1. The molecule has 0 amide bonds. The van der Waals surface area contributed by atoms with Gasteiger partial charge in [-0.2, -0.15) is 13.2 Å². The van der Waals surface area contributed by atoms with E-state index >= 15 is 0 Å². The maximum atomic E-state index is 13.1. The number of alkyl halides is 3. The molecule has 1 fully saturated rings. The second-order valence-electron chi connectivity index (χ2n) is 7.49. The molecular formula is C23H23ClF3N3O2. The van der Waals surface area contributed by atoms with Gasteiger partial charge in [-0.1, -0.05) is 17.7 Å². The molecule has 0 radical (unpaired) electrons. The fourth-order valence-corrected chi connectivity index (χ4v) is 3.81. The van der Waals surface area contributed by atoms with Crippen LogP contribution in [0.5, 0.6) is 5.75 Å². The van der Waals surface area contributed by atoms with Crippen LogP contribution in [0, 0.1) is 0 Å². The van der Waals surface area contributed by atoms with E-state index in [4.69, 9.17) is 21.1 Å². The van der Waals surface area contributed by atoms with Gasteiger partial charge in [0.05, 0.1) is 35.9 Å². The van der Waals surface area contributed by atoms with Crippen molar-refractivity contribution in [3.05, 3.63) is 59.1 Å². The Bertz CT molecular complexity index is 1070. The molecule has 0 bridgehead atoms. The summed E-state index contributed by atoms with van der Waals surface area (Å²) in [5.74, 6) is 1.16. The Kier molecular flexibility index (Phi) is 7.03. The number of fused-ring (bicyclic) bond motifs is 1. The number of ether oxygens (including phenoxy) is 2. The van der Waals surface area contributed by atoms with Gasteiger partial charge < -0.3 is 14.8 Å². The maximum Gasteiger partial charge on any atom is 0.417 e. The molecule has 1 aromatic heterocycles. The first kappa shape index (κ1) is 22.6. The van der Waals surface area contributed by atoms with Crippen molar-refractivity contribution >= 4 is 34.0 Å². The number of halogens is 4. The Balaban J connectivity index is 1.42. The molecule has 1 N–H and O–H groups in total. The van der Waals surface area contributed by atoms with Crippen molar-refractivity contribution in [2.45, 2.75) is 12.6 Å². The summed E-state index contributed by atoms with van der Waals surface area (Å²) in [5, 5.41) is 3.42. The molecule has 4 rings (SSSR count). The second-order valence-corrected chi connectivity index (χ2v) is 7.90. The van der Waals surface area contributed by atoms with E-state index in [1.54, 1.807) is 6.07 Å². The fourth-order valence-electron chi connectivity index (χ4n) is 3.59. The lowest BCUT2D eigenvalue weighted by Gasteiger charge is -2.26. The van der Waals surface area contributed by atoms with E-state index < -0.39 is 11.7 Å². The van der Waals surface area contributed by atoms with Gasteiger partial charge in [-0.05, 0) is 48.9 Å². The smallest absolute Gasteiger partial charge is 0.417 e. The zero-order valence-corrected chi connectivity index (χ0v) is 18.0. The number of aromatic nitrogens is 1. The zero-order valence-electron chi connectivity index (χ0n) is 17.3. The Labute approximate surface area is 189 Å². The van der Waals surface area contributed by atoms with Crippen LogP contribution in [0.4, 0.5) is 24.7 Å². The third-order valence-corrected chi connectivity index (χ3v) is 5.55. The highest BCUT2D eigenvalue weighted by molar-refractivity contribution is 6.31. The lowest BCUT2D eigenvalue weighted by Crippen LogP contribution is -2.37. The zero-order chi connectivity index (χ0) is 22.6. The van der Waals surface area contributed by atoms with Gasteiger partial charge >= 0.3 is 6.18 Å². The molecule has 3 aromatic rings. The molecule has 9 heteroatoms. The van der Waals surface area contributed by atoms with Crippen LogP contribution in [0.15, 0.2) is 48.5 Å². The average Bonchev–Trinajstić information content (AvgIpc) is 2.78. The molecule has 0 atom stereocenters. The van der Waals surface area contributed by atoms with Crippen molar-refractivity contribution in [2.24, 2.45) is 0 Å². The molecule has 0 spiro atoms. The summed E-state index contributed by atoms with van der Waals surface area (Å²) in [6.45, 7) is 5.00. The summed E-state index contributed by atoms with van der Waals surface area (Å²) < 4.78 is 50.6. The van der Waals surface area contributed by atoms with Crippen molar-refractivity contribution in [2.75, 3.05) is 44.8 Å². The second kappa shape index (κ2) is 9.94. The van der Waals surface area contributed by atoms with Crippen LogP contribution in [0.2, 0.25) is 5.02 Å². The molecule has 1 aliphatic heterocycles. The molecule has 2 heterocycles. The van der Waals surface area contributed by atoms with Crippen LogP contribution >= 0.6 is 11.6 Å². The van der Waals surface area contributed by atoms with E-state index in [-0.39, 0.29) is 10.7 Å². The summed E-state index contributed by atoms with van der Waals surface area (Å²) in [6, 6.07) is 12.8. The largest absolute Gasteiger partial charge is 0.493 e. The normalized spacial score (nSPS) is 15.1. The van der Waals surface area contributed by atoms with E-state index in [9.17, 15) is 13.2 Å². The minimum absolute atomic E-state index is 0.254. The Morgan fingerprint density at radius 3 is 2.69 bits per heavy atom. The molecule has 0 saturated carbocycles. The number of benzene rings is 2. The predicted molar refractivity (Wildman–Crippen MR) is 119 cm³/mol. The minimum Gasteiger partial charge on any atom is -0.493 e. The summed E-state index contributed by atoms with van der Waals surface area (Å²) >= 11 is 5.69. The van der Waals surface area contributed by atoms with Gasteiger partial charge in [0, 0.05) is 30.7 Å². The van der Waals surface area contributed by atoms with Crippen molar-refractivity contribution in [1.82, 2.24) is 9.88 Å².